The maximum absolute atomic E-state index is 10.9. The number of hydrogen-bond donors (Lipinski definition) is 0. The van der Waals surface area contributed by atoms with E-state index in [-0.39, 0.29) is 0 Å². The zero-order chi connectivity index (χ0) is 12.9. The first-order valence-corrected chi connectivity index (χ1v) is 6.20. The smallest absolute Gasteiger partial charge is 0.252 e. The lowest BCUT2D eigenvalue weighted by molar-refractivity contribution is 0.108. The van der Waals surface area contributed by atoms with Gasteiger partial charge in [0.1, 0.15) is 0 Å². The standard InChI is InChI=1S/C9H6Cl4O.C2H6/c1-5-2-6(8(10)14)4-7(3-5)9(11,12)13;1-2/h2-4H,1H3;1-2H3. The SMILES string of the molecule is CC.Cc1cc(C(=O)Cl)cc(C(Cl)(Cl)Cl)c1. The summed E-state index contributed by atoms with van der Waals surface area (Å²) in [6, 6.07) is 4.79. The Bertz CT molecular complexity index is 369. The third-order valence-electron chi connectivity index (χ3n) is 1.63. The minimum atomic E-state index is -1.53. The maximum Gasteiger partial charge on any atom is 0.252 e. The number of hydrogen-bond acceptors (Lipinski definition) is 1. The molecule has 0 heterocycles. The molecular formula is C11H12Cl4O. The number of alkyl halides is 3. The third kappa shape index (κ3) is 4.92. The summed E-state index contributed by atoms with van der Waals surface area (Å²) in [6.45, 7) is 5.79. The highest BCUT2D eigenvalue weighted by molar-refractivity contribution is 6.68. The quantitative estimate of drug-likeness (QED) is 0.513. The van der Waals surface area contributed by atoms with Crippen LogP contribution in [0.4, 0.5) is 0 Å². The summed E-state index contributed by atoms with van der Waals surface area (Å²) in [7, 11) is 0. The monoisotopic (exact) mass is 300 g/mol. The van der Waals surface area contributed by atoms with E-state index in [0.29, 0.717) is 11.1 Å². The number of rotatable bonds is 1. The van der Waals surface area contributed by atoms with Crippen molar-refractivity contribution in [2.24, 2.45) is 0 Å². The second-order valence-electron chi connectivity index (χ2n) is 2.86. The van der Waals surface area contributed by atoms with Gasteiger partial charge in [0.25, 0.3) is 5.24 Å². The molecule has 0 saturated carbocycles. The number of carbonyl (C=O) groups is 1. The molecule has 0 N–H and O–H groups in total. The largest absolute Gasteiger partial charge is 0.276 e. The van der Waals surface area contributed by atoms with Gasteiger partial charge in [-0.15, -0.1) is 0 Å². The fourth-order valence-corrected chi connectivity index (χ4v) is 1.50. The number of halogens is 4. The maximum atomic E-state index is 10.9. The first-order chi connectivity index (χ1) is 7.30. The summed E-state index contributed by atoms with van der Waals surface area (Å²) in [5.41, 5.74) is 1.58. The van der Waals surface area contributed by atoms with Gasteiger partial charge in [-0.2, -0.15) is 0 Å². The van der Waals surface area contributed by atoms with Crippen LogP contribution in [-0.2, 0) is 3.79 Å². The van der Waals surface area contributed by atoms with Crippen LogP contribution in [0.15, 0.2) is 18.2 Å². The van der Waals surface area contributed by atoms with Gasteiger partial charge in [0.15, 0.2) is 0 Å². The van der Waals surface area contributed by atoms with Crippen LogP contribution in [0.2, 0.25) is 0 Å². The third-order valence-corrected chi connectivity index (χ3v) is 2.50. The van der Waals surface area contributed by atoms with E-state index in [1.54, 1.807) is 19.1 Å². The molecule has 0 atom stereocenters. The molecule has 90 valence electrons. The number of carbonyl (C=O) groups excluding carboxylic acids is 1. The van der Waals surface area contributed by atoms with Crippen molar-refractivity contribution in [1.29, 1.82) is 0 Å². The van der Waals surface area contributed by atoms with Gasteiger partial charge in [-0.3, -0.25) is 4.79 Å². The van der Waals surface area contributed by atoms with Crippen LogP contribution < -0.4 is 0 Å². The molecule has 1 aromatic carbocycles. The lowest BCUT2D eigenvalue weighted by Gasteiger charge is -2.12. The Morgan fingerprint density at radius 1 is 1.12 bits per heavy atom. The molecule has 0 amide bonds. The van der Waals surface area contributed by atoms with Crippen LogP contribution in [0.3, 0.4) is 0 Å². The van der Waals surface area contributed by atoms with Crippen LogP contribution in [0, 0.1) is 6.92 Å². The molecule has 0 aliphatic carbocycles. The molecule has 16 heavy (non-hydrogen) atoms. The van der Waals surface area contributed by atoms with E-state index in [2.05, 4.69) is 0 Å². The lowest BCUT2D eigenvalue weighted by Crippen LogP contribution is -2.03. The van der Waals surface area contributed by atoms with Crippen LogP contribution >= 0.6 is 46.4 Å². The van der Waals surface area contributed by atoms with Crippen molar-refractivity contribution in [1.82, 2.24) is 0 Å². The van der Waals surface area contributed by atoms with Gasteiger partial charge in [0.05, 0.1) is 0 Å². The van der Waals surface area contributed by atoms with Crippen LogP contribution in [-0.4, -0.2) is 5.24 Å². The fraction of sp³-hybridized carbons (Fsp3) is 0.364. The second-order valence-corrected chi connectivity index (χ2v) is 5.48. The van der Waals surface area contributed by atoms with E-state index >= 15 is 0 Å². The van der Waals surface area contributed by atoms with Gasteiger partial charge in [-0.1, -0.05) is 54.7 Å². The van der Waals surface area contributed by atoms with E-state index in [9.17, 15) is 4.79 Å². The molecular weight excluding hydrogens is 290 g/mol. The predicted octanol–water partition coefficient (Wildman–Crippen LogP) is 5.23. The molecule has 0 saturated heterocycles. The van der Waals surface area contributed by atoms with Gasteiger partial charge in [-0.25, -0.2) is 0 Å². The lowest BCUT2D eigenvalue weighted by atomic mass is 10.1. The van der Waals surface area contributed by atoms with Crippen molar-refractivity contribution in [3.63, 3.8) is 0 Å². The average Bonchev–Trinajstić information content (AvgIpc) is 2.18. The summed E-state index contributed by atoms with van der Waals surface area (Å²) in [6.07, 6.45) is 0. The Kier molecular flexibility index (Phi) is 6.73. The number of aryl methyl sites for hydroxylation is 1. The number of benzene rings is 1. The van der Waals surface area contributed by atoms with Gasteiger partial charge in [0.2, 0.25) is 3.79 Å². The minimum Gasteiger partial charge on any atom is -0.276 e. The molecule has 0 radical (unpaired) electrons. The Labute approximate surface area is 116 Å². The van der Waals surface area contributed by atoms with Crippen molar-refractivity contribution in [2.75, 3.05) is 0 Å². The van der Waals surface area contributed by atoms with E-state index < -0.39 is 9.03 Å². The van der Waals surface area contributed by atoms with Crippen molar-refractivity contribution in [3.8, 4) is 0 Å². The van der Waals surface area contributed by atoms with Gasteiger partial charge in [0, 0.05) is 11.1 Å². The second kappa shape index (κ2) is 6.70. The Morgan fingerprint density at radius 3 is 2.00 bits per heavy atom. The summed E-state index contributed by atoms with van der Waals surface area (Å²) in [5, 5.41) is -0.566. The van der Waals surface area contributed by atoms with Gasteiger partial charge < -0.3 is 0 Å². The highest BCUT2D eigenvalue weighted by atomic mass is 35.6. The van der Waals surface area contributed by atoms with Crippen molar-refractivity contribution in [3.05, 3.63) is 34.9 Å². The van der Waals surface area contributed by atoms with E-state index in [0.717, 1.165) is 5.56 Å². The van der Waals surface area contributed by atoms with Crippen LogP contribution in [0.25, 0.3) is 0 Å². The van der Waals surface area contributed by atoms with E-state index in [1.807, 2.05) is 13.8 Å². The van der Waals surface area contributed by atoms with Crippen molar-refractivity contribution < 1.29 is 4.79 Å². The molecule has 0 fully saturated rings. The first kappa shape index (κ1) is 16.1. The van der Waals surface area contributed by atoms with Crippen LogP contribution in [0.5, 0.6) is 0 Å². The highest BCUT2D eigenvalue weighted by Gasteiger charge is 2.23. The molecule has 1 nitrogen and oxygen atoms in total. The molecule has 0 aromatic heterocycles. The Morgan fingerprint density at radius 2 is 1.62 bits per heavy atom. The molecule has 5 heteroatoms. The predicted molar refractivity (Wildman–Crippen MR) is 71.9 cm³/mol. The summed E-state index contributed by atoms with van der Waals surface area (Å²) in [4.78, 5) is 10.9. The average molecular weight is 302 g/mol. The van der Waals surface area contributed by atoms with Gasteiger partial charge in [-0.05, 0) is 36.2 Å². The summed E-state index contributed by atoms with van der Waals surface area (Å²) < 4.78 is -1.53. The van der Waals surface area contributed by atoms with Gasteiger partial charge >= 0.3 is 0 Å². The van der Waals surface area contributed by atoms with E-state index in [4.69, 9.17) is 46.4 Å². The Balaban J connectivity index is 0.00000106. The molecule has 0 aliphatic rings. The molecule has 0 spiro atoms. The zero-order valence-corrected chi connectivity index (χ0v) is 12.2. The van der Waals surface area contributed by atoms with Crippen molar-refractivity contribution in [2.45, 2.75) is 24.6 Å². The fourth-order valence-electron chi connectivity index (χ4n) is 1.06. The Hall–Kier alpha value is 0.0500. The van der Waals surface area contributed by atoms with Crippen molar-refractivity contribution >= 4 is 51.6 Å². The van der Waals surface area contributed by atoms with E-state index in [1.165, 1.54) is 6.07 Å². The molecule has 0 aliphatic heterocycles. The minimum absolute atomic E-state index is 0.327. The molecule has 0 bridgehead atoms. The molecule has 1 rings (SSSR count). The molecule has 0 unspecified atom stereocenters. The first-order valence-electron chi connectivity index (χ1n) is 4.69. The zero-order valence-electron chi connectivity index (χ0n) is 9.15. The summed E-state index contributed by atoms with van der Waals surface area (Å²) >= 11 is 22.4. The normalized spacial score (nSPS) is 10.4. The van der Waals surface area contributed by atoms with Crippen LogP contribution in [0.1, 0.15) is 35.3 Å². The summed E-state index contributed by atoms with van der Waals surface area (Å²) in [5.74, 6) is 0. The topological polar surface area (TPSA) is 17.1 Å². The molecule has 1 aromatic rings. The highest BCUT2D eigenvalue weighted by Crippen LogP contribution is 2.38.